The zero-order chi connectivity index (χ0) is 17.8. The molecular weight excluding hydrogens is 327 g/mol. The second-order valence-electron chi connectivity index (χ2n) is 6.30. The predicted molar refractivity (Wildman–Crippen MR) is 87.2 cm³/mol. The number of halogens is 1. The van der Waals surface area contributed by atoms with Gasteiger partial charge in [0.1, 0.15) is 18.4 Å². The van der Waals surface area contributed by atoms with E-state index in [9.17, 15) is 9.18 Å². The van der Waals surface area contributed by atoms with Crippen LogP contribution in [-0.2, 0) is 22.7 Å². The van der Waals surface area contributed by atoms with Crippen molar-refractivity contribution in [2.75, 3.05) is 0 Å². The summed E-state index contributed by atoms with van der Waals surface area (Å²) in [7, 11) is 0. The molecular formula is C18H21FN2O4. The van der Waals surface area contributed by atoms with Crippen LogP contribution in [-0.4, -0.2) is 23.3 Å². The fourth-order valence-electron chi connectivity index (χ4n) is 2.90. The number of amides is 1. The fourth-order valence-corrected chi connectivity index (χ4v) is 2.90. The van der Waals surface area contributed by atoms with Crippen LogP contribution in [0, 0.1) is 11.7 Å². The molecule has 1 amide bonds. The summed E-state index contributed by atoms with van der Waals surface area (Å²) >= 11 is 0. The lowest BCUT2D eigenvalue weighted by Gasteiger charge is -2.14. The summed E-state index contributed by atoms with van der Waals surface area (Å²) in [5.41, 5.74) is 0.569. The number of rotatable bonds is 6. The SMILES string of the molecule is CC1CC(C)C(C(=O)NCc2cc(COc3ccccc3F)on2)O1. The standard InChI is InChI=1S/C18H21FN2O4/c1-11-7-12(2)24-17(11)18(22)20-9-13-8-14(25-21-13)10-23-16-6-4-3-5-15(16)19/h3-6,8,11-12,17H,7,9-10H2,1-2H3,(H,20,22). The smallest absolute Gasteiger partial charge is 0.249 e. The molecule has 6 nitrogen and oxygen atoms in total. The van der Waals surface area contributed by atoms with Crippen LogP contribution in [0.4, 0.5) is 4.39 Å². The van der Waals surface area contributed by atoms with Crippen LogP contribution in [0.3, 0.4) is 0 Å². The second kappa shape index (κ2) is 7.65. The maximum Gasteiger partial charge on any atom is 0.249 e. The number of nitrogens with zero attached hydrogens (tertiary/aromatic N) is 1. The number of hydrogen-bond donors (Lipinski definition) is 1. The van der Waals surface area contributed by atoms with Crippen LogP contribution < -0.4 is 10.1 Å². The van der Waals surface area contributed by atoms with Crippen molar-refractivity contribution in [1.29, 1.82) is 0 Å². The zero-order valence-corrected chi connectivity index (χ0v) is 14.2. The molecule has 1 aliphatic rings. The van der Waals surface area contributed by atoms with Gasteiger partial charge in [-0.05, 0) is 31.4 Å². The Hall–Kier alpha value is -2.41. The van der Waals surface area contributed by atoms with Crippen molar-refractivity contribution in [3.05, 3.63) is 47.6 Å². The largest absolute Gasteiger partial charge is 0.482 e. The van der Waals surface area contributed by atoms with Crippen molar-refractivity contribution in [1.82, 2.24) is 10.5 Å². The van der Waals surface area contributed by atoms with Gasteiger partial charge in [0.25, 0.3) is 0 Å². The summed E-state index contributed by atoms with van der Waals surface area (Å²) in [5.74, 6) is 0.206. The quantitative estimate of drug-likeness (QED) is 0.869. The van der Waals surface area contributed by atoms with Gasteiger partial charge in [0.2, 0.25) is 5.91 Å². The van der Waals surface area contributed by atoms with Crippen molar-refractivity contribution in [3.63, 3.8) is 0 Å². The summed E-state index contributed by atoms with van der Waals surface area (Å²) in [6, 6.07) is 7.81. The van der Waals surface area contributed by atoms with Crippen LogP contribution in [0.15, 0.2) is 34.9 Å². The summed E-state index contributed by atoms with van der Waals surface area (Å²) in [6.07, 6.45) is 0.547. The van der Waals surface area contributed by atoms with Gasteiger partial charge in [-0.25, -0.2) is 4.39 Å². The van der Waals surface area contributed by atoms with Gasteiger partial charge in [0.15, 0.2) is 17.3 Å². The van der Waals surface area contributed by atoms with Gasteiger partial charge in [-0.2, -0.15) is 0 Å². The van der Waals surface area contributed by atoms with E-state index in [2.05, 4.69) is 10.5 Å². The highest BCUT2D eigenvalue weighted by molar-refractivity contribution is 5.81. The fraction of sp³-hybridized carbons (Fsp3) is 0.444. The lowest BCUT2D eigenvalue weighted by atomic mass is 10.0. The molecule has 0 spiro atoms. The number of hydrogen-bond acceptors (Lipinski definition) is 5. The number of carbonyl (C=O) groups is 1. The lowest BCUT2D eigenvalue weighted by molar-refractivity contribution is -0.133. The van der Waals surface area contributed by atoms with Crippen LogP contribution in [0.25, 0.3) is 0 Å². The first-order valence-electron chi connectivity index (χ1n) is 8.28. The third-order valence-corrected chi connectivity index (χ3v) is 4.12. The van der Waals surface area contributed by atoms with Crippen molar-refractivity contribution in [2.45, 2.75) is 45.6 Å². The van der Waals surface area contributed by atoms with E-state index in [1.165, 1.54) is 12.1 Å². The highest BCUT2D eigenvalue weighted by atomic mass is 19.1. The highest BCUT2D eigenvalue weighted by Crippen LogP contribution is 2.25. The van der Waals surface area contributed by atoms with Gasteiger partial charge in [0.05, 0.1) is 12.6 Å². The Bertz CT molecular complexity index is 733. The molecule has 3 rings (SSSR count). The number of benzene rings is 1. The Morgan fingerprint density at radius 3 is 2.92 bits per heavy atom. The molecule has 0 bridgehead atoms. The predicted octanol–water partition coefficient (Wildman–Crippen LogP) is 2.82. The maximum atomic E-state index is 13.5. The third kappa shape index (κ3) is 4.36. The Morgan fingerprint density at radius 1 is 1.40 bits per heavy atom. The summed E-state index contributed by atoms with van der Waals surface area (Å²) in [5, 5.41) is 6.68. The van der Waals surface area contributed by atoms with Crippen LogP contribution >= 0.6 is 0 Å². The molecule has 7 heteroatoms. The minimum atomic E-state index is -0.436. The average Bonchev–Trinajstić information content (AvgIpc) is 3.18. The number of para-hydroxylation sites is 1. The first kappa shape index (κ1) is 17.4. The monoisotopic (exact) mass is 348 g/mol. The first-order valence-corrected chi connectivity index (χ1v) is 8.28. The molecule has 0 saturated carbocycles. The Morgan fingerprint density at radius 2 is 2.20 bits per heavy atom. The molecule has 1 aromatic heterocycles. The molecule has 1 aliphatic heterocycles. The Balaban J connectivity index is 1.49. The van der Waals surface area contributed by atoms with Gasteiger partial charge in [-0.3, -0.25) is 4.79 Å². The second-order valence-corrected chi connectivity index (χ2v) is 6.30. The number of aromatic nitrogens is 1. The van der Waals surface area contributed by atoms with Gasteiger partial charge >= 0.3 is 0 Å². The number of nitrogens with one attached hydrogen (secondary N) is 1. The molecule has 1 aromatic carbocycles. The van der Waals surface area contributed by atoms with Crippen LogP contribution in [0.1, 0.15) is 31.7 Å². The molecule has 3 atom stereocenters. The normalized spacial score (nSPS) is 22.8. The Kier molecular flexibility index (Phi) is 5.33. The molecule has 0 radical (unpaired) electrons. The van der Waals surface area contributed by atoms with Gasteiger partial charge in [-0.15, -0.1) is 0 Å². The topological polar surface area (TPSA) is 73.6 Å². The van der Waals surface area contributed by atoms with Gasteiger partial charge in [-0.1, -0.05) is 24.2 Å². The molecule has 1 N–H and O–H groups in total. The number of carbonyl (C=O) groups excluding carboxylic acids is 1. The Labute approximate surface area is 145 Å². The first-order chi connectivity index (χ1) is 12.0. The van der Waals surface area contributed by atoms with E-state index in [-0.39, 0.29) is 36.8 Å². The van der Waals surface area contributed by atoms with E-state index in [1.54, 1.807) is 18.2 Å². The van der Waals surface area contributed by atoms with E-state index < -0.39 is 11.9 Å². The molecule has 2 aromatic rings. The summed E-state index contributed by atoms with van der Waals surface area (Å²) < 4.78 is 29.6. The van der Waals surface area contributed by atoms with E-state index in [0.717, 1.165) is 6.42 Å². The van der Waals surface area contributed by atoms with Crippen molar-refractivity contribution >= 4 is 5.91 Å². The van der Waals surface area contributed by atoms with Crippen molar-refractivity contribution in [2.24, 2.45) is 5.92 Å². The van der Waals surface area contributed by atoms with Gasteiger partial charge < -0.3 is 19.3 Å². The van der Waals surface area contributed by atoms with Gasteiger partial charge in [0, 0.05) is 6.07 Å². The molecule has 134 valence electrons. The van der Waals surface area contributed by atoms with E-state index in [4.69, 9.17) is 14.0 Å². The van der Waals surface area contributed by atoms with E-state index in [1.807, 2.05) is 13.8 Å². The molecule has 1 saturated heterocycles. The molecule has 3 unspecified atom stereocenters. The van der Waals surface area contributed by atoms with E-state index >= 15 is 0 Å². The molecule has 25 heavy (non-hydrogen) atoms. The highest BCUT2D eigenvalue weighted by Gasteiger charge is 2.34. The van der Waals surface area contributed by atoms with E-state index in [0.29, 0.717) is 11.5 Å². The van der Waals surface area contributed by atoms with Crippen LogP contribution in [0.2, 0.25) is 0 Å². The maximum absolute atomic E-state index is 13.5. The summed E-state index contributed by atoms with van der Waals surface area (Å²) in [4.78, 5) is 12.2. The lowest BCUT2D eigenvalue weighted by Crippen LogP contribution is -2.37. The minimum Gasteiger partial charge on any atom is -0.482 e. The average molecular weight is 348 g/mol. The summed E-state index contributed by atoms with van der Waals surface area (Å²) in [6.45, 7) is 4.26. The minimum absolute atomic E-state index is 0.0577. The third-order valence-electron chi connectivity index (χ3n) is 4.12. The zero-order valence-electron chi connectivity index (χ0n) is 14.2. The number of ether oxygens (including phenoxy) is 2. The molecule has 0 aliphatic carbocycles. The van der Waals surface area contributed by atoms with Crippen molar-refractivity contribution in [3.8, 4) is 5.75 Å². The molecule has 2 heterocycles. The van der Waals surface area contributed by atoms with Crippen LogP contribution in [0.5, 0.6) is 5.75 Å². The van der Waals surface area contributed by atoms with Crippen molar-refractivity contribution < 1.29 is 23.2 Å². The molecule has 1 fully saturated rings.